The van der Waals surface area contributed by atoms with Crippen LogP contribution >= 0.6 is 0 Å². The Bertz CT molecular complexity index is 1030. The van der Waals surface area contributed by atoms with Crippen LogP contribution in [0.3, 0.4) is 0 Å². The lowest BCUT2D eigenvalue weighted by atomic mass is 10.2. The number of aromatic amines is 1. The van der Waals surface area contributed by atoms with E-state index < -0.39 is 10.0 Å². The number of hydrogen-bond acceptors (Lipinski definition) is 5. The van der Waals surface area contributed by atoms with Gasteiger partial charge in [0.1, 0.15) is 11.4 Å². The lowest BCUT2D eigenvalue weighted by molar-refractivity contribution is 0.0948. The Morgan fingerprint density at radius 2 is 1.86 bits per heavy atom. The van der Waals surface area contributed by atoms with Crippen molar-refractivity contribution in [3.63, 3.8) is 0 Å². The molecule has 1 aromatic carbocycles. The third-order valence-electron chi connectivity index (χ3n) is 4.01. The van der Waals surface area contributed by atoms with E-state index in [0.717, 1.165) is 5.56 Å². The molecule has 2 aromatic heterocycles. The van der Waals surface area contributed by atoms with Crippen LogP contribution in [0.15, 0.2) is 59.6 Å². The Labute approximate surface area is 163 Å². The van der Waals surface area contributed by atoms with Gasteiger partial charge >= 0.3 is 0 Å². The second kappa shape index (κ2) is 8.77. The van der Waals surface area contributed by atoms with E-state index in [-0.39, 0.29) is 17.3 Å². The maximum absolute atomic E-state index is 12.2. The predicted molar refractivity (Wildman–Crippen MR) is 105 cm³/mol. The molecule has 2 heterocycles. The highest BCUT2D eigenvalue weighted by Crippen LogP contribution is 2.14. The first-order chi connectivity index (χ1) is 13.5. The normalized spacial score (nSPS) is 11.3. The average molecular weight is 399 g/mol. The van der Waals surface area contributed by atoms with Crippen LogP contribution in [-0.2, 0) is 10.0 Å². The van der Waals surface area contributed by atoms with Gasteiger partial charge in [-0.2, -0.15) is 5.10 Å². The molecule has 0 bridgehead atoms. The lowest BCUT2D eigenvalue weighted by Crippen LogP contribution is -2.30. The van der Waals surface area contributed by atoms with Gasteiger partial charge in [0.05, 0.1) is 10.6 Å². The first-order valence-electron chi connectivity index (χ1n) is 8.77. The fourth-order valence-corrected chi connectivity index (χ4v) is 3.55. The molecule has 0 saturated carbocycles. The summed E-state index contributed by atoms with van der Waals surface area (Å²) in [5.41, 5.74) is 2.56. The van der Waals surface area contributed by atoms with E-state index in [1.165, 1.54) is 0 Å². The average Bonchev–Trinajstić information content (AvgIpc) is 3.19. The van der Waals surface area contributed by atoms with E-state index >= 15 is 0 Å². The van der Waals surface area contributed by atoms with Gasteiger partial charge in [-0.05, 0) is 43.7 Å². The first kappa shape index (κ1) is 19.7. The number of carbonyl (C=O) groups excluding carboxylic acids is 1. The topological polar surface area (TPSA) is 117 Å². The predicted octanol–water partition coefficient (Wildman–Crippen LogP) is 1.88. The molecule has 0 spiro atoms. The van der Waals surface area contributed by atoms with Crippen molar-refractivity contribution in [2.24, 2.45) is 0 Å². The van der Waals surface area contributed by atoms with E-state index in [1.807, 2.05) is 13.0 Å². The molecule has 1 amide bonds. The van der Waals surface area contributed by atoms with Crippen LogP contribution in [0.5, 0.6) is 0 Å². The minimum atomic E-state index is -3.54. The highest BCUT2D eigenvalue weighted by Gasteiger charge is 2.13. The zero-order chi connectivity index (χ0) is 20.0. The van der Waals surface area contributed by atoms with Gasteiger partial charge in [-0.1, -0.05) is 23.8 Å². The number of nitrogens with one attached hydrogen (secondary N) is 3. The highest BCUT2D eigenvalue weighted by molar-refractivity contribution is 7.89. The molecule has 3 aromatic rings. The van der Waals surface area contributed by atoms with Crippen LogP contribution in [-0.4, -0.2) is 42.6 Å². The molecule has 0 unspecified atom stereocenters. The largest absolute Gasteiger partial charge is 0.351 e. The van der Waals surface area contributed by atoms with Crippen molar-refractivity contribution in [2.45, 2.75) is 18.2 Å². The monoisotopic (exact) mass is 399 g/mol. The number of amides is 1. The van der Waals surface area contributed by atoms with E-state index in [4.69, 9.17) is 0 Å². The summed E-state index contributed by atoms with van der Waals surface area (Å²) in [6, 6.07) is 13.7. The maximum atomic E-state index is 12.2. The molecule has 0 radical (unpaired) electrons. The van der Waals surface area contributed by atoms with Crippen molar-refractivity contribution in [3.8, 4) is 11.4 Å². The standard InChI is InChI=1S/C19H21N5O3S/c1-14-6-8-15(9-7-14)28(26,27)22-12-4-11-21-19(25)18-13-17(23-24-18)16-5-2-3-10-20-16/h2-3,5-10,13,22H,4,11-12H2,1H3,(H,21,25)(H,23,24). The number of H-pyrrole nitrogens is 1. The Hall–Kier alpha value is -3.04. The van der Waals surface area contributed by atoms with E-state index in [2.05, 4.69) is 25.2 Å². The van der Waals surface area contributed by atoms with Gasteiger partial charge in [0.25, 0.3) is 5.91 Å². The Morgan fingerprint density at radius 3 is 2.57 bits per heavy atom. The zero-order valence-corrected chi connectivity index (χ0v) is 16.2. The van der Waals surface area contributed by atoms with Gasteiger partial charge in [0, 0.05) is 19.3 Å². The van der Waals surface area contributed by atoms with Crippen molar-refractivity contribution in [1.29, 1.82) is 0 Å². The highest BCUT2D eigenvalue weighted by atomic mass is 32.2. The molecule has 0 saturated heterocycles. The molecule has 9 heteroatoms. The molecule has 0 atom stereocenters. The van der Waals surface area contributed by atoms with Gasteiger partial charge in [-0.25, -0.2) is 13.1 Å². The molecular formula is C19H21N5O3S. The van der Waals surface area contributed by atoms with Crippen LogP contribution < -0.4 is 10.0 Å². The van der Waals surface area contributed by atoms with Crippen molar-refractivity contribution in [2.75, 3.05) is 13.1 Å². The molecule has 3 N–H and O–H groups in total. The quantitative estimate of drug-likeness (QED) is 0.500. The zero-order valence-electron chi connectivity index (χ0n) is 15.3. The Kier molecular flexibility index (Phi) is 6.17. The minimum absolute atomic E-state index is 0.221. The van der Waals surface area contributed by atoms with Crippen molar-refractivity contribution < 1.29 is 13.2 Å². The van der Waals surface area contributed by atoms with Gasteiger partial charge in [-0.3, -0.25) is 14.9 Å². The van der Waals surface area contributed by atoms with Crippen LogP contribution in [0, 0.1) is 6.92 Å². The molecular weight excluding hydrogens is 378 g/mol. The molecule has 0 aliphatic heterocycles. The number of benzene rings is 1. The summed E-state index contributed by atoms with van der Waals surface area (Å²) in [5, 5.41) is 9.50. The summed E-state index contributed by atoms with van der Waals surface area (Å²) in [5.74, 6) is -0.309. The molecule has 3 rings (SSSR count). The number of aryl methyl sites for hydroxylation is 1. The number of nitrogens with zero attached hydrogens (tertiary/aromatic N) is 2. The number of rotatable bonds is 8. The van der Waals surface area contributed by atoms with Crippen LogP contribution in [0.1, 0.15) is 22.5 Å². The summed E-state index contributed by atoms with van der Waals surface area (Å²) < 4.78 is 26.9. The summed E-state index contributed by atoms with van der Waals surface area (Å²) in [6.07, 6.45) is 2.11. The molecule has 0 aliphatic carbocycles. The molecule has 28 heavy (non-hydrogen) atoms. The Balaban J connectivity index is 1.45. The fourth-order valence-electron chi connectivity index (χ4n) is 2.48. The van der Waals surface area contributed by atoms with Gasteiger partial charge < -0.3 is 5.32 Å². The lowest BCUT2D eigenvalue weighted by Gasteiger charge is -2.07. The number of aromatic nitrogens is 3. The summed E-state index contributed by atoms with van der Waals surface area (Å²) in [7, 11) is -3.54. The number of hydrogen-bond donors (Lipinski definition) is 3. The summed E-state index contributed by atoms with van der Waals surface area (Å²) >= 11 is 0. The summed E-state index contributed by atoms with van der Waals surface area (Å²) in [6.45, 7) is 2.44. The van der Waals surface area contributed by atoms with Gasteiger partial charge in [0.15, 0.2) is 0 Å². The van der Waals surface area contributed by atoms with Crippen LogP contribution in [0.4, 0.5) is 0 Å². The molecule has 8 nitrogen and oxygen atoms in total. The first-order valence-corrected chi connectivity index (χ1v) is 10.3. The van der Waals surface area contributed by atoms with Gasteiger partial charge in [-0.15, -0.1) is 0 Å². The number of sulfonamides is 1. The maximum Gasteiger partial charge on any atom is 0.269 e. The second-order valence-corrected chi connectivity index (χ2v) is 7.97. The molecule has 146 valence electrons. The van der Waals surface area contributed by atoms with Crippen molar-refractivity contribution in [1.82, 2.24) is 25.2 Å². The molecule has 0 fully saturated rings. The second-order valence-electron chi connectivity index (χ2n) is 6.20. The van der Waals surface area contributed by atoms with Gasteiger partial charge in [0.2, 0.25) is 10.0 Å². The van der Waals surface area contributed by atoms with Crippen molar-refractivity contribution >= 4 is 15.9 Å². The third-order valence-corrected chi connectivity index (χ3v) is 5.49. The number of carbonyl (C=O) groups is 1. The van der Waals surface area contributed by atoms with Crippen molar-refractivity contribution in [3.05, 3.63) is 66.0 Å². The van der Waals surface area contributed by atoms with E-state index in [0.29, 0.717) is 30.0 Å². The smallest absolute Gasteiger partial charge is 0.269 e. The van der Waals surface area contributed by atoms with Crippen LogP contribution in [0.25, 0.3) is 11.4 Å². The Morgan fingerprint density at radius 1 is 1.07 bits per heavy atom. The SMILES string of the molecule is Cc1ccc(S(=O)(=O)NCCCNC(=O)c2cc(-c3ccccn3)n[nH]2)cc1. The minimum Gasteiger partial charge on any atom is -0.351 e. The third kappa shape index (κ3) is 5.02. The van der Waals surface area contributed by atoms with Crippen LogP contribution in [0.2, 0.25) is 0 Å². The number of pyridine rings is 1. The molecule has 0 aliphatic rings. The van der Waals surface area contributed by atoms with E-state index in [9.17, 15) is 13.2 Å². The summed E-state index contributed by atoms with van der Waals surface area (Å²) in [4.78, 5) is 16.6. The van der Waals surface area contributed by atoms with E-state index in [1.54, 1.807) is 48.7 Å². The fraction of sp³-hybridized carbons (Fsp3) is 0.211.